The van der Waals surface area contributed by atoms with Crippen molar-refractivity contribution in [3.63, 3.8) is 0 Å². The molecule has 0 unspecified atom stereocenters. The van der Waals surface area contributed by atoms with Crippen LogP contribution in [0.15, 0.2) is 18.3 Å². The van der Waals surface area contributed by atoms with Crippen molar-refractivity contribution in [2.24, 2.45) is 0 Å². The molecule has 76 valence electrons. The topological polar surface area (TPSA) is 100 Å². The van der Waals surface area contributed by atoms with Crippen LogP contribution in [0.4, 0.5) is 5.82 Å². The Morgan fingerprint density at radius 3 is 3.07 bits per heavy atom. The molecule has 0 radical (unpaired) electrons. The van der Waals surface area contributed by atoms with Crippen LogP contribution in [-0.2, 0) is 0 Å². The van der Waals surface area contributed by atoms with Crippen molar-refractivity contribution in [1.29, 1.82) is 5.26 Å². The Kier molecular flexibility index (Phi) is 3.41. The summed E-state index contributed by atoms with van der Waals surface area (Å²) in [5, 5.41) is 17.0. The summed E-state index contributed by atoms with van der Waals surface area (Å²) in [4.78, 5) is 14.4. The van der Waals surface area contributed by atoms with Gasteiger partial charge < -0.3 is 10.8 Å². The first-order chi connectivity index (χ1) is 7.15. The number of nitrogen functional groups attached to an aromatic ring is 1. The fraction of sp³-hybridized carbons (Fsp3) is 0.100. The molecule has 0 aromatic carbocycles. The second kappa shape index (κ2) is 4.77. The molecule has 15 heavy (non-hydrogen) atoms. The van der Waals surface area contributed by atoms with Crippen LogP contribution in [0.2, 0.25) is 0 Å². The van der Waals surface area contributed by atoms with Gasteiger partial charge in [-0.2, -0.15) is 5.26 Å². The zero-order valence-corrected chi connectivity index (χ0v) is 7.84. The number of pyridine rings is 1. The molecule has 0 amide bonds. The molecule has 1 aromatic heterocycles. The van der Waals surface area contributed by atoms with Crippen molar-refractivity contribution in [2.45, 2.75) is 6.42 Å². The molecule has 0 spiro atoms. The van der Waals surface area contributed by atoms with Gasteiger partial charge in [-0.25, -0.2) is 9.78 Å². The molecule has 0 atom stereocenters. The third kappa shape index (κ3) is 2.81. The summed E-state index contributed by atoms with van der Waals surface area (Å²) in [6.07, 6.45) is 4.62. The molecule has 5 nitrogen and oxygen atoms in total. The molecule has 0 bridgehead atoms. The number of carboxylic acid groups (broad SMARTS) is 1. The number of allylic oxidation sites excluding steroid dienone is 1. The summed E-state index contributed by atoms with van der Waals surface area (Å²) in [7, 11) is 0. The molecule has 0 aliphatic rings. The third-order valence-electron chi connectivity index (χ3n) is 1.70. The first-order valence-electron chi connectivity index (χ1n) is 4.17. The van der Waals surface area contributed by atoms with Gasteiger partial charge in [-0.15, -0.1) is 0 Å². The fourth-order valence-corrected chi connectivity index (χ4v) is 0.981. The molecule has 1 rings (SSSR count). The summed E-state index contributed by atoms with van der Waals surface area (Å²) in [5.41, 5.74) is 6.11. The maximum atomic E-state index is 10.6. The highest BCUT2D eigenvalue weighted by molar-refractivity contribution is 5.88. The monoisotopic (exact) mass is 203 g/mol. The summed E-state index contributed by atoms with van der Waals surface area (Å²) in [6.45, 7) is 0. The molecule has 1 aromatic rings. The van der Waals surface area contributed by atoms with Gasteiger partial charge in [-0.05, 0) is 6.07 Å². The van der Waals surface area contributed by atoms with Crippen molar-refractivity contribution in [2.75, 3.05) is 5.73 Å². The van der Waals surface area contributed by atoms with E-state index in [9.17, 15) is 4.79 Å². The van der Waals surface area contributed by atoms with Gasteiger partial charge in [0.05, 0.1) is 18.1 Å². The molecular formula is C10H9N3O2. The van der Waals surface area contributed by atoms with E-state index >= 15 is 0 Å². The van der Waals surface area contributed by atoms with E-state index in [1.54, 1.807) is 12.2 Å². The molecular weight excluding hydrogens is 194 g/mol. The highest BCUT2D eigenvalue weighted by Gasteiger charge is 2.05. The molecule has 0 aliphatic heterocycles. The number of nitriles is 1. The summed E-state index contributed by atoms with van der Waals surface area (Å²) < 4.78 is 0. The average Bonchev–Trinajstić information content (AvgIpc) is 2.20. The normalized spacial score (nSPS) is 10.1. The van der Waals surface area contributed by atoms with E-state index in [1.807, 2.05) is 6.07 Å². The lowest BCUT2D eigenvalue weighted by Crippen LogP contribution is -2.01. The number of nitrogens with two attached hydrogens (primary N) is 1. The number of carbonyl (C=O) groups is 1. The minimum Gasteiger partial charge on any atom is -0.478 e. The Labute approximate surface area is 86.5 Å². The predicted octanol–water partition coefficient (Wildman–Crippen LogP) is 1.29. The van der Waals surface area contributed by atoms with Crippen molar-refractivity contribution in [1.82, 2.24) is 4.98 Å². The van der Waals surface area contributed by atoms with Crippen molar-refractivity contribution in [3.8, 4) is 6.07 Å². The van der Waals surface area contributed by atoms with Crippen LogP contribution in [-0.4, -0.2) is 16.1 Å². The Balaban J connectivity index is 3.01. The van der Waals surface area contributed by atoms with Gasteiger partial charge in [0, 0.05) is 11.8 Å². The van der Waals surface area contributed by atoms with Gasteiger partial charge in [-0.1, -0.05) is 12.2 Å². The highest BCUT2D eigenvalue weighted by Crippen LogP contribution is 2.13. The van der Waals surface area contributed by atoms with Crippen LogP contribution in [0.1, 0.15) is 22.3 Å². The zero-order chi connectivity index (χ0) is 11.3. The molecule has 0 saturated heterocycles. The third-order valence-corrected chi connectivity index (χ3v) is 1.70. The van der Waals surface area contributed by atoms with Crippen LogP contribution in [0.25, 0.3) is 6.08 Å². The average molecular weight is 203 g/mol. The Morgan fingerprint density at radius 2 is 2.47 bits per heavy atom. The molecule has 0 aliphatic carbocycles. The van der Waals surface area contributed by atoms with Crippen LogP contribution in [0.5, 0.6) is 0 Å². The first-order valence-corrected chi connectivity index (χ1v) is 4.17. The second-order valence-corrected chi connectivity index (χ2v) is 2.77. The largest absolute Gasteiger partial charge is 0.478 e. The second-order valence-electron chi connectivity index (χ2n) is 2.77. The zero-order valence-electron chi connectivity index (χ0n) is 7.84. The van der Waals surface area contributed by atoms with Gasteiger partial charge in [0.15, 0.2) is 0 Å². The Bertz CT molecular complexity index is 446. The van der Waals surface area contributed by atoms with E-state index in [0.29, 0.717) is 5.56 Å². The van der Waals surface area contributed by atoms with Crippen molar-refractivity contribution in [3.05, 3.63) is 29.5 Å². The Morgan fingerprint density at radius 1 is 1.73 bits per heavy atom. The number of aromatic nitrogens is 1. The lowest BCUT2D eigenvalue weighted by atomic mass is 10.1. The predicted molar refractivity (Wildman–Crippen MR) is 54.9 cm³/mol. The van der Waals surface area contributed by atoms with E-state index in [0.717, 1.165) is 0 Å². The van der Waals surface area contributed by atoms with Gasteiger partial charge in [-0.3, -0.25) is 0 Å². The maximum absolute atomic E-state index is 10.6. The lowest BCUT2D eigenvalue weighted by Gasteiger charge is -2.00. The van der Waals surface area contributed by atoms with E-state index in [4.69, 9.17) is 16.1 Å². The van der Waals surface area contributed by atoms with Crippen LogP contribution >= 0.6 is 0 Å². The number of hydrogen-bond donors (Lipinski definition) is 2. The SMILES string of the molecule is N#CCC=Cc1cc(C(=O)O)cnc1N. The van der Waals surface area contributed by atoms with E-state index < -0.39 is 5.97 Å². The van der Waals surface area contributed by atoms with Gasteiger partial charge in [0.2, 0.25) is 0 Å². The highest BCUT2D eigenvalue weighted by atomic mass is 16.4. The molecule has 1 heterocycles. The number of aromatic carboxylic acids is 1. The minimum atomic E-state index is -1.06. The minimum absolute atomic E-state index is 0.0702. The van der Waals surface area contributed by atoms with Crippen LogP contribution in [0, 0.1) is 11.3 Å². The van der Waals surface area contributed by atoms with Gasteiger partial charge >= 0.3 is 5.97 Å². The Hall–Kier alpha value is -2.35. The molecule has 0 fully saturated rings. The molecule has 5 heteroatoms. The number of rotatable bonds is 3. The van der Waals surface area contributed by atoms with E-state index in [2.05, 4.69) is 4.98 Å². The first kappa shape index (κ1) is 10.7. The summed E-state index contributed by atoms with van der Waals surface area (Å²) >= 11 is 0. The number of anilines is 1. The number of hydrogen-bond acceptors (Lipinski definition) is 4. The lowest BCUT2D eigenvalue weighted by molar-refractivity contribution is 0.0696. The standard InChI is InChI=1S/C10H9N3O2/c11-4-2-1-3-7-5-8(10(14)15)6-13-9(7)12/h1,3,5-6H,2H2,(H2,12,13)(H,14,15). The number of carboxylic acids is 1. The summed E-state index contributed by atoms with van der Waals surface area (Å²) in [6, 6.07) is 3.35. The van der Waals surface area contributed by atoms with Crippen molar-refractivity contribution < 1.29 is 9.90 Å². The van der Waals surface area contributed by atoms with Crippen LogP contribution in [0.3, 0.4) is 0 Å². The quantitative estimate of drug-likeness (QED) is 0.770. The smallest absolute Gasteiger partial charge is 0.337 e. The molecule has 0 saturated carbocycles. The van der Waals surface area contributed by atoms with E-state index in [1.165, 1.54) is 12.3 Å². The van der Waals surface area contributed by atoms with Gasteiger partial charge in [0.25, 0.3) is 0 Å². The number of nitrogens with zero attached hydrogens (tertiary/aromatic N) is 2. The van der Waals surface area contributed by atoms with Gasteiger partial charge in [0.1, 0.15) is 5.82 Å². The summed E-state index contributed by atoms with van der Waals surface area (Å²) in [5.74, 6) is -0.813. The maximum Gasteiger partial charge on any atom is 0.337 e. The molecule has 3 N–H and O–H groups in total. The van der Waals surface area contributed by atoms with Crippen molar-refractivity contribution >= 4 is 17.9 Å². The van der Waals surface area contributed by atoms with E-state index in [-0.39, 0.29) is 17.8 Å². The van der Waals surface area contributed by atoms with Crippen LogP contribution < -0.4 is 5.73 Å². The fourth-order valence-electron chi connectivity index (χ4n) is 0.981.